The lowest BCUT2D eigenvalue weighted by molar-refractivity contribution is -0.115. The fraction of sp³-hybridized carbons (Fsp3) is 0.176. The Hall–Kier alpha value is -2.62. The number of nitrogens with one attached hydrogen (secondary N) is 2. The first-order valence-electron chi connectivity index (χ1n) is 6.86. The Kier molecular flexibility index (Phi) is 4.72. The van der Waals surface area contributed by atoms with Gasteiger partial charge in [0.2, 0.25) is 5.91 Å². The minimum Gasteiger partial charge on any atom is -0.356 e. The Morgan fingerprint density at radius 1 is 0.857 bits per heavy atom. The third-order valence-electron chi connectivity index (χ3n) is 3.07. The van der Waals surface area contributed by atoms with Crippen LogP contribution in [0, 0.1) is 0 Å². The van der Waals surface area contributed by atoms with E-state index in [9.17, 15) is 9.59 Å². The van der Waals surface area contributed by atoms with Crippen LogP contribution < -0.4 is 10.6 Å². The maximum Gasteiger partial charge on any atom is 0.224 e. The van der Waals surface area contributed by atoms with Crippen LogP contribution in [0.1, 0.15) is 30.6 Å². The number of rotatable bonds is 5. The molecule has 0 aliphatic heterocycles. The molecule has 0 aromatic heterocycles. The van der Waals surface area contributed by atoms with E-state index in [-0.39, 0.29) is 11.7 Å². The van der Waals surface area contributed by atoms with E-state index in [4.69, 9.17) is 0 Å². The molecule has 4 heteroatoms. The van der Waals surface area contributed by atoms with Crippen molar-refractivity contribution in [1.29, 1.82) is 0 Å². The quantitative estimate of drug-likeness (QED) is 0.815. The van der Waals surface area contributed by atoms with Gasteiger partial charge in [0.15, 0.2) is 5.78 Å². The summed E-state index contributed by atoms with van der Waals surface area (Å²) in [5.41, 5.74) is 3.29. The average molecular weight is 282 g/mol. The molecule has 1 amide bonds. The van der Waals surface area contributed by atoms with Crippen molar-refractivity contribution < 1.29 is 9.59 Å². The molecule has 0 aliphatic carbocycles. The van der Waals surface area contributed by atoms with Crippen molar-refractivity contribution >= 4 is 28.8 Å². The van der Waals surface area contributed by atoms with Gasteiger partial charge in [-0.2, -0.15) is 0 Å². The van der Waals surface area contributed by atoms with Crippen LogP contribution in [0.2, 0.25) is 0 Å². The average Bonchev–Trinajstić information content (AvgIpc) is 2.49. The van der Waals surface area contributed by atoms with Crippen molar-refractivity contribution in [2.75, 3.05) is 10.6 Å². The fourth-order valence-electron chi connectivity index (χ4n) is 1.84. The molecule has 0 fully saturated rings. The number of carbonyl (C=O) groups is 2. The van der Waals surface area contributed by atoms with E-state index in [1.54, 1.807) is 19.1 Å². The Morgan fingerprint density at radius 3 is 1.81 bits per heavy atom. The molecule has 0 radical (unpaired) electrons. The van der Waals surface area contributed by atoms with Crippen LogP contribution in [0.15, 0.2) is 48.5 Å². The standard InChI is InChI=1S/C17H18N2O2/c1-3-17(21)19-16-10-8-15(9-11-16)18-14-6-4-13(5-7-14)12(2)20/h4-11,18H,3H2,1-2H3,(H,19,21). The summed E-state index contributed by atoms with van der Waals surface area (Å²) in [4.78, 5) is 22.5. The van der Waals surface area contributed by atoms with Gasteiger partial charge in [-0.1, -0.05) is 6.92 Å². The van der Waals surface area contributed by atoms with Gasteiger partial charge in [0.25, 0.3) is 0 Å². The molecule has 0 saturated carbocycles. The largest absolute Gasteiger partial charge is 0.356 e. The molecule has 0 unspecified atom stereocenters. The Balaban J connectivity index is 2.02. The number of hydrogen-bond donors (Lipinski definition) is 2. The highest BCUT2D eigenvalue weighted by atomic mass is 16.1. The van der Waals surface area contributed by atoms with Crippen molar-refractivity contribution in [2.45, 2.75) is 20.3 Å². The van der Waals surface area contributed by atoms with E-state index in [0.717, 1.165) is 17.1 Å². The molecule has 0 saturated heterocycles. The summed E-state index contributed by atoms with van der Waals surface area (Å²) in [7, 11) is 0. The van der Waals surface area contributed by atoms with E-state index in [1.165, 1.54) is 0 Å². The van der Waals surface area contributed by atoms with Gasteiger partial charge in [-0.25, -0.2) is 0 Å². The monoisotopic (exact) mass is 282 g/mol. The van der Waals surface area contributed by atoms with E-state index in [0.29, 0.717) is 12.0 Å². The van der Waals surface area contributed by atoms with Crippen LogP contribution in [0.4, 0.5) is 17.1 Å². The summed E-state index contributed by atoms with van der Waals surface area (Å²) in [6.07, 6.45) is 0.461. The second-order valence-electron chi connectivity index (χ2n) is 4.74. The first-order valence-corrected chi connectivity index (χ1v) is 6.86. The first kappa shape index (κ1) is 14.8. The number of anilines is 3. The molecule has 0 heterocycles. The van der Waals surface area contributed by atoms with E-state index in [1.807, 2.05) is 43.3 Å². The van der Waals surface area contributed by atoms with Crippen molar-refractivity contribution in [3.05, 3.63) is 54.1 Å². The van der Waals surface area contributed by atoms with Gasteiger partial charge in [-0.15, -0.1) is 0 Å². The van der Waals surface area contributed by atoms with Gasteiger partial charge < -0.3 is 10.6 Å². The number of hydrogen-bond acceptors (Lipinski definition) is 3. The van der Waals surface area contributed by atoms with Crippen molar-refractivity contribution in [3.8, 4) is 0 Å². The summed E-state index contributed by atoms with van der Waals surface area (Å²) in [6, 6.07) is 14.8. The molecular weight excluding hydrogens is 264 g/mol. The van der Waals surface area contributed by atoms with Gasteiger partial charge in [-0.3, -0.25) is 9.59 Å². The maximum atomic E-state index is 11.3. The zero-order valence-electron chi connectivity index (χ0n) is 12.1. The van der Waals surface area contributed by atoms with Crippen LogP contribution in [0.3, 0.4) is 0 Å². The lowest BCUT2D eigenvalue weighted by Gasteiger charge is -2.08. The van der Waals surface area contributed by atoms with Crippen LogP contribution in [-0.2, 0) is 4.79 Å². The Morgan fingerprint density at radius 2 is 1.33 bits per heavy atom. The van der Waals surface area contributed by atoms with Gasteiger partial charge in [0.1, 0.15) is 0 Å². The Labute approximate surface area is 124 Å². The molecule has 2 aromatic rings. The smallest absolute Gasteiger partial charge is 0.224 e. The van der Waals surface area contributed by atoms with E-state index < -0.39 is 0 Å². The zero-order valence-corrected chi connectivity index (χ0v) is 12.1. The number of benzene rings is 2. The maximum absolute atomic E-state index is 11.3. The predicted molar refractivity (Wildman–Crippen MR) is 85.1 cm³/mol. The highest BCUT2D eigenvalue weighted by Gasteiger charge is 2.01. The highest BCUT2D eigenvalue weighted by Crippen LogP contribution is 2.19. The molecule has 0 aliphatic rings. The molecule has 4 nitrogen and oxygen atoms in total. The third-order valence-corrected chi connectivity index (χ3v) is 3.07. The molecule has 2 N–H and O–H groups in total. The summed E-state index contributed by atoms with van der Waals surface area (Å²) >= 11 is 0. The van der Waals surface area contributed by atoms with Crippen LogP contribution in [-0.4, -0.2) is 11.7 Å². The van der Waals surface area contributed by atoms with E-state index >= 15 is 0 Å². The topological polar surface area (TPSA) is 58.2 Å². The SMILES string of the molecule is CCC(=O)Nc1ccc(Nc2ccc(C(C)=O)cc2)cc1. The minimum absolute atomic E-state index is 0.00414. The summed E-state index contributed by atoms with van der Waals surface area (Å²) in [5.74, 6) is 0.0492. The molecule has 0 bridgehead atoms. The number of amides is 1. The van der Waals surface area contributed by atoms with E-state index in [2.05, 4.69) is 10.6 Å². The molecular formula is C17H18N2O2. The molecule has 0 atom stereocenters. The normalized spacial score (nSPS) is 10.0. The van der Waals surface area contributed by atoms with Gasteiger partial charge >= 0.3 is 0 Å². The highest BCUT2D eigenvalue weighted by molar-refractivity contribution is 5.94. The summed E-state index contributed by atoms with van der Waals surface area (Å²) < 4.78 is 0. The molecule has 21 heavy (non-hydrogen) atoms. The number of Topliss-reactive ketones (excluding diaryl/α,β-unsaturated/α-hetero) is 1. The minimum atomic E-state index is -0.00414. The van der Waals surface area contributed by atoms with Gasteiger partial charge in [0.05, 0.1) is 0 Å². The van der Waals surface area contributed by atoms with Gasteiger partial charge in [-0.05, 0) is 55.5 Å². The van der Waals surface area contributed by atoms with Crippen LogP contribution in [0.5, 0.6) is 0 Å². The molecule has 2 aromatic carbocycles. The predicted octanol–water partition coefficient (Wildman–Crippen LogP) is 3.98. The zero-order chi connectivity index (χ0) is 15.2. The van der Waals surface area contributed by atoms with Crippen molar-refractivity contribution in [2.24, 2.45) is 0 Å². The fourth-order valence-corrected chi connectivity index (χ4v) is 1.84. The van der Waals surface area contributed by atoms with Crippen molar-refractivity contribution in [3.63, 3.8) is 0 Å². The Bertz CT molecular complexity index is 631. The second kappa shape index (κ2) is 6.70. The number of carbonyl (C=O) groups excluding carboxylic acids is 2. The van der Waals surface area contributed by atoms with Crippen molar-refractivity contribution in [1.82, 2.24) is 0 Å². The first-order chi connectivity index (χ1) is 10.1. The summed E-state index contributed by atoms with van der Waals surface area (Å²) in [6.45, 7) is 3.36. The second-order valence-corrected chi connectivity index (χ2v) is 4.74. The molecule has 0 spiro atoms. The summed E-state index contributed by atoms with van der Waals surface area (Å²) in [5, 5.41) is 6.04. The molecule has 108 valence electrons. The van der Waals surface area contributed by atoms with Crippen LogP contribution >= 0.6 is 0 Å². The van der Waals surface area contributed by atoms with Gasteiger partial charge in [0, 0.05) is 29.0 Å². The van der Waals surface area contributed by atoms with Crippen LogP contribution in [0.25, 0.3) is 0 Å². The lowest BCUT2D eigenvalue weighted by atomic mass is 10.1. The lowest BCUT2D eigenvalue weighted by Crippen LogP contribution is -2.09. The number of ketones is 1. The third kappa shape index (κ3) is 4.18. The molecule has 2 rings (SSSR count).